The lowest BCUT2D eigenvalue weighted by Gasteiger charge is -2.29. The second-order valence-corrected chi connectivity index (χ2v) is 6.91. The minimum absolute atomic E-state index is 0.280. The van der Waals surface area contributed by atoms with Crippen molar-refractivity contribution in [2.45, 2.75) is 32.8 Å². The van der Waals surface area contributed by atoms with E-state index in [0.717, 1.165) is 22.0 Å². The fraction of sp³-hybridized carbons (Fsp3) is 0.467. The molecular formula is C15H20BrN3O2. The van der Waals surface area contributed by atoms with Crippen LogP contribution < -0.4 is 5.73 Å². The zero-order valence-electron chi connectivity index (χ0n) is 12.5. The molecule has 0 saturated heterocycles. The summed E-state index contributed by atoms with van der Waals surface area (Å²) in [6.45, 7) is 6.74. The Morgan fingerprint density at radius 1 is 1.48 bits per heavy atom. The standard InChI is InChI=1S/C15H20BrN3O2/c1-15(2,3)21-14(20)19-6-4-10(5-7-19)12-8-11(16)9-18-13(12)17/h4,8-9H,5-7H2,1-3H3,(H2,17,18). The first kappa shape index (κ1) is 15.8. The number of halogens is 1. The molecule has 0 aromatic carbocycles. The Bertz CT molecular complexity index is 579. The van der Waals surface area contributed by atoms with Crippen LogP contribution in [0.2, 0.25) is 0 Å². The van der Waals surface area contributed by atoms with E-state index in [1.807, 2.05) is 32.9 Å². The van der Waals surface area contributed by atoms with Gasteiger partial charge >= 0.3 is 6.09 Å². The number of pyridine rings is 1. The van der Waals surface area contributed by atoms with Crippen LogP contribution in [-0.2, 0) is 4.74 Å². The number of nitrogen functional groups attached to an aromatic ring is 1. The average molecular weight is 354 g/mol. The number of aromatic nitrogens is 1. The van der Waals surface area contributed by atoms with Gasteiger partial charge in [0.05, 0.1) is 0 Å². The summed E-state index contributed by atoms with van der Waals surface area (Å²) in [5.41, 5.74) is 7.48. The van der Waals surface area contributed by atoms with E-state index in [4.69, 9.17) is 10.5 Å². The van der Waals surface area contributed by atoms with E-state index in [0.29, 0.717) is 18.9 Å². The van der Waals surface area contributed by atoms with Crippen molar-refractivity contribution in [1.29, 1.82) is 0 Å². The minimum atomic E-state index is -0.473. The maximum absolute atomic E-state index is 12.0. The van der Waals surface area contributed by atoms with Crippen LogP contribution in [0.1, 0.15) is 32.8 Å². The highest BCUT2D eigenvalue weighted by Gasteiger charge is 2.24. The quantitative estimate of drug-likeness (QED) is 0.839. The molecule has 0 unspecified atom stereocenters. The van der Waals surface area contributed by atoms with Crippen molar-refractivity contribution in [2.75, 3.05) is 18.8 Å². The second kappa shape index (κ2) is 6.05. The molecule has 1 amide bonds. The lowest BCUT2D eigenvalue weighted by atomic mass is 10.0. The number of rotatable bonds is 1. The van der Waals surface area contributed by atoms with Gasteiger partial charge in [0.15, 0.2) is 0 Å². The fourth-order valence-electron chi connectivity index (χ4n) is 2.11. The number of nitrogens with zero attached hydrogens (tertiary/aromatic N) is 2. The summed E-state index contributed by atoms with van der Waals surface area (Å²) < 4.78 is 6.27. The van der Waals surface area contributed by atoms with Gasteiger partial charge in [-0.15, -0.1) is 0 Å². The summed E-state index contributed by atoms with van der Waals surface area (Å²) in [5, 5.41) is 0. The number of anilines is 1. The predicted molar refractivity (Wildman–Crippen MR) is 86.8 cm³/mol. The van der Waals surface area contributed by atoms with Crippen LogP contribution in [0.25, 0.3) is 5.57 Å². The van der Waals surface area contributed by atoms with Crippen LogP contribution in [0, 0.1) is 0 Å². The number of nitrogens with two attached hydrogens (primary N) is 1. The van der Waals surface area contributed by atoms with E-state index in [-0.39, 0.29) is 6.09 Å². The Morgan fingerprint density at radius 3 is 2.76 bits per heavy atom. The van der Waals surface area contributed by atoms with Crippen molar-refractivity contribution in [3.63, 3.8) is 0 Å². The molecule has 2 rings (SSSR count). The molecule has 1 aliphatic rings. The van der Waals surface area contributed by atoms with Crippen LogP contribution in [0.3, 0.4) is 0 Å². The van der Waals surface area contributed by atoms with Gasteiger partial charge in [0.2, 0.25) is 0 Å². The number of amides is 1. The first-order valence-electron chi connectivity index (χ1n) is 6.84. The zero-order valence-corrected chi connectivity index (χ0v) is 14.1. The third-order valence-electron chi connectivity index (χ3n) is 3.09. The van der Waals surface area contributed by atoms with Crippen LogP contribution in [-0.4, -0.2) is 34.7 Å². The highest BCUT2D eigenvalue weighted by atomic mass is 79.9. The maximum atomic E-state index is 12.0. The summed E-state index contributed by atoms with van der Waals surface area (Å²) in [5.74, 6) is 0.509. The Morgan fingerprint density at radius 2 is 2.19 bits per heavy atom. The van der Waals surface area contributed by atoms with Crippen LogP contribution in [0.4, 0.5) is 10.6 Å². The normalized spacial score (nSPS) is 15.6. The highest BCUT2D eigenvalue weighted by Crippen LogP contribution is 2.28. The third-order valence-corrected chi connectivity index (χ3v) is 3.53. The van der Waals surface area contributed by atoms with Gasteiger partial charge in [-0.05, 0) is 54.8 Å². The van der Waals surface area contributed by atoms with E-state index >= 15 is 0 Å². The van der Waals surface area contributed by atoms with E-state index in [2.05, 4.69) is 20.9 Å². The van der Waals surface area contributed by atoms with Crippen LogP contribution in [0.15, 0.2) is 22.8 Å². The largest absolute Gasteiger partial charge is 0.444 e. The topological polar surface area (TPSA) is 68.5 Å². The van der Waals surface area contributed by atoms with Gasteiger partial charge in [-0.3, -0.25) is 0 Å². The Balaban J connectivity index is 2.08. The van der Waals surface area contributed by atoms with Crippen molar-refractivity contribution < 1.29 is 9.53 Å². The van der Waals surface area contributed by atoms with E-state index in [1.165, 1.54) is 0 Å². The second-order valence-electron chi connectivity index (χ2n) is 5.99. The summed E-state index contributed by atoms with van der Waals surface area (Å²) in [6, 6.07) is 1.96. The smallest absolute Gasteiger partial charge is 0.410 e. The molecule has 0 fully saturated rings. The maximum Gasteiger partial charge on any atom is 0.410 e. The zero-order chi connectivity index (χ0) is 15.6. The molecule has 114 valence electrons. The number of hydrogen-bond donors (Lipinski definition) is 1. The van der Waals surface area contributed by atoms with Gasteiger partial charge in [-0.25, -0.2) is 9.78 Å². The Labute approximate surface area is 133 Å². The average Bonchev–Trinajstić information content (AvgIpc) is 2.40. The Kier molecular flexibility index (Phi) is 4.56. The molecule has 0 spiro atoms. The third kappa shape index (κ3) is 4.20. The van der Waals surface area contributed by atoms with Gasteiger partial charge in [-0.2, -0.15) is 0 Å². The summed E-state index contributed by atoms with van der Waals surface area (Å²) in [4.78, 5) is 17.8. The molecule has 1 aromatic rings. The molecule has 2 heterocycles. The molecule has 21 heavy (non-hydrogen) atoms. The molecule has 0 atom stereocenters. The van der Waals surface area contributed by atoms with Crippen molar-refractivity contribution in [2.24, 2.45) is 0 Å². The van der Waals surface area contributed by atoms with Gasteiger partial charge in [0.25, 0.3) is 0 Å². The van der Waals surface area contributed by atoms with Crippen molar-refractivity contribution >= 4 is 33.4 Å². The van der Waals surface area contributed by atoms with E-state index < -0.39 is 5.60 Å². The summed E-state index contributed by atoms with van der Waals surface area (Å²) in [7, 11) is 0. The fourth-order valence-corrected chi connectivity index (χ4v) is 2.44. The molecule has 1 aromatic heterocycles. The first-order chi connectivity index (χ1) is 9.76. The highest BCUT2D eigenvalue weighted by molar-refractivity contribution is 9.10. The molecular weight excluding hydrogens is 334 g/mol. The molecule has 0 aliphatic carbocycles. The van der Waals surface area contributed by atoms with Crippen LogP contribution >= 0.6 is 15.9 Å². The molecule has 6 heteroatoms. The van der Waals surface area contributed by atoms with Gasteiger partial charge in [0, 0.05) is 29.3 Å². The molecule has 1 aliphatic heterocycles. The van der Waals surface area contributed by atoms with E-state index in [1.54, 1.807) is 11.1 Å². The lowest BCUT2D eigenvalue weighted by Crippen LogP contribution is -2.39. The number of carbonyl (C=O) groups is 1. The minimum Gasteiger partial charge on any atom is -0.444 e. The predicted octanol–water partition coefficient (Wildman–Crippen LogP) is 3.45. The number of ether oxygens (including phenoxy) is 1. The SMILES string of the molecule is CC(C)(C)OC(=O)N1CC=C(c2cc(Br)cnc2N)CC1. The molecule has 0 saturated carbocycles. The Hall–Kier alpha value is -1.56. The van der Waals surface area contributed by atoms with Crippen molar-refractivity contribution in [1.82, 2.24) is 9.88 Å². The van der Waals surface area contributed by atoms with Crippen molar-refractivity contribution in [3.8, 4) is 0 Å². The van der Waals surface area contributed by atoms with Gasteiger partial charge in [-0.1, -0.05) is 6.08 Å². The monoisotopic (exact) mass is 353 g/mol. The lowest BCUT2D eigenvalue weighted by molar-refractivity contribution is 0.0270. The summed E-state index contributed by atoms with van der Waals surface area (Å²) >= 11 is 3.40. The van der Waals surface area contributed by atoms with E-state index in [9.17, 15) is 4.79 Å². The number of hydrogen-bond acceptors (Lipinski definition) is 4. The van der Waals surface area contributed by atoms with Gasteiger partial charge < -0.3 is 15.4 Å². The first-order valence-corrected chi connectivity index (χ1v) is 7.64. The van der Waals surface area contributed by atoms with Crippen molar-refractivity contribution in [3.05, 3.63) is 28.4 Å². The van der Waals surface area contributed by atoms with Crippen LogP contribution in [0.5, 0.6) is 0 Å². The molecule has 2 N–H and O–H groups in total. The number of carbonyl (C=O) groups excluding carboxylic acids is 1. The summed E-state index contributed by atoms with van der Waals surface area (Å²) in [6.07, 6.45) is 4.14. The molecule has 0 bridgehead atoms. The molecule has 0 radical (unpaired) electrons. The van der Waals surface area contributed by atoms with Gasteiger partial charge in [0.1, 0.15) is 11.4 Å². The molecule has 5 nitrogen and oxygen atoms in total.